The Morgan fingerprint density at radius 2 is 1.86 bits per heavy atom. The van der Waals surface area contributed by atoms with Crippen LogP contribution < -0.4 is 14.2 Å². The fourth-order valence-electron chi connectivity index (χ4n) is 7.36. The molecule has 8 nitrogen and oxygen atoms in total. The minimum atomic E-state index is -0.483. The summed E-state index contributed by atoms with van der Waals surface area (Å²) in [6.07, 6.45) is 1.28. The average Bonchev–Trinajstić information content (AvgIpc) is 3.32. The van der Waals surface area contributed by atoms with Crippen molar-refractivity contribution < 1.29 is 24.4 Å². The number of nitriles is 1. The molecule has 35 heavy (non-hydrogen) atoms. The molecule has 8 heteroatoms. The van der Waals surface area contributed by atoms with Crippen molar-refractivity contribution in [3.8, 4) is 29.1 Å². The first kappa shape index (κ1) is 22.5. The first-order valence-electron chi connectivity index (χ1n) is 12.1. The van der Waals surface area contributed by atoms with E-state index >= 15 is 0 Å². The lowest BCUT2D eigenvalue weighted by Crippen LogP contribution is -2.68. The van der Waals surface area contributed by atoms with E-state index in [4.69, 9.17) is 14.2 Å². The third-order valence-electron chi connectivity index (χ3n) is 8.74. The molecule has 0 amide bonds. The number of piperazine rings is 1. The van der Waals surface area contributed by atoms with Crippen LogP contribution in [0.4, 0.5) is 0 Å². The molecule has 2 aromatic rings. The van der Waals surface area contributed by atoms with Crippen molar-refractivity contribution in [2.75, 3.05) is 27.6 Å². The lowest BCUT2D eigenvalue weighted by Gasteiger charge is -2.60. The molecule has 0 radical (unpaired) electrons. The largest absolute Gasteiger partial charge is 0.507 e. The van der Waals surface area contributed by atoms with E-state index in [0.717, 1.165) is 34.4 Å². The summed E-state index contributed by atoms with van der Waals surface area (Å²) >= 11 is 0. The van der Waals surface area contributed by atoms with E-state index in [1.165, 1.54) is 11.1 Å². The van der Waals surface area contributed by atoms with Crippen LogP contribution in [0.1, 0.15) is 51.0 Å². The van der Waals surface area contributed by atoms with Crippen LogP contribution in [0.5, 0.6) is 23.0 Å². The van der Waals surface area contributed by atoms with Crippen molar-refractivity contribution in [1.82, 2.24) is 9.80 Å². The van der Waals surface area contributed by atoms with Gasteiger partial charge in [-0.3, -0.25) is 9.80 Å². The molecule has 0 aliphatic carbocycles. The summed E-state index contributed by atoms with van der Waals surface area (Å²) in [5.41, 5.74) is 6.88. The number of hydrogen-bond donors (Lipinski definition) is 2. The number of aromatic hydroxyl groups is 1. The minimum Gasteiger partial charge on any atom is -0.507 e. The highest BCUT2D eigenvalue weighted by Crippen LogP contribution is 2.57. The Kier molecular flexibility index (Phi) is 4.98. The molecule has 1 fully saturated rings. The van der Waals surface area contributed by atoms with Gasteiger partial charge < -0.3 is 24.4 Å². The number of phenols is 1. The Bertz CT molecular complexity index is 1290. The molecule has 1 saturated heterocycles. The Morgan fingerprint density at radius 1 is 1.11 bits per heavy atom. The van der Waals surface area contributed by atoms with Gasteiger partial charge in [0.05, 0.1) is 31.9 Å². The lowest BCUT2D eigenvalue weighted by atomic mass is 9.71. The van der Waals surface area contributed by atoms with Gasteiger partial charge in [-0.25, -0.2) is 0 Å². The summed E-state index contributed by atoms with van der Waals surface area (Å²) in [7, 11) is 3.80. The van der Waals surface area contributed by atoms with Crippen molar-refractivity contribution in [1.29, 1.82) is 5.26 Å². The molecule has 1 unspecified atom stereocenters. The maximum atomic E-state index is 11.3. The second-order valence-electron chi connectivity index (χ2n) is 10.2. The van der Waals surface area contributed by atoms with E-state index < -0.39 is 12.1 Å². The third-order valence-corrected chi connectivity index (χ3v) is 8.74. The third kappa shape index (κ3) is 2.77. The fraction of sp³-hybridized carbons (Fsp3) is 0.519. The zero-order valence-corrected chi connectivity index (χ0v) is 20.8. The highest BCUT2D eigenvalue weighted by molar-refractivity contribution is 5.65. The van der Waals surface area contributed by atoms with Gasteiger partial charge in [0.15, 0.2) is 11.5 Å². The maximum Gasteiger partial charge on any atom is 0.231 e. The van der Waals surface area contributed by atoms with Gasteiger partial charge in [-0.1, -0.05) is 6.07 Å². The monoisotopic (exact) mass is 477 g/mol. The molecule has 2 N–H and O–H groups in total. The van der Waals surface area contributed by atoms with E-state index in [0.29, 0.717) is 23.5 Å². The van der Waals surface area contributed by atoms with Gasteiger partial charge >= 0.3 is 0 Å². The number of methoxy groups -OCH3 is 1. The molecule has 2 bridgehead atoms. The van der Waals surface area contributed by atoms with E-state index in [1.807, 2.05) is 6.92 Å². The van der Waals surface area contributed by atoms with Gasteiger partial charge in [0.1, 0.15) is 17.5 Å². The first-order valence-corrected chi connectivity index (χ1v) is 12.1. The number of aryl methyl sites for hydroxylation is 1. The predicted octanol–water partition coefficient (Wildman–Crippen LogP) is 2.82. The lowest BCUT2D eigenvalue weighted by molar-refractivity contribution is -0.0821. The van der Waals surface area contributed by atoms with E-state index in [1.54, 1.807) is 7.11 Å². The predicted molar refractivity (Wildman–Crippen MR) is 128 cm³/mol. The Hall–Kier alpha value is -2.99. The van der Waals surface area contributed by atoms with Crippen molar-refractivity contribution in [2.45, 2.75) is 63.8 Å². The number of fused-ring (bicyclic) bond motifs is 9. The van der Waals surface area contributed by atoms with Crippen molar-refractivity contribution >= 4 is 0 Å². The normalized spacial score (nSPS) is 28.7. The van der Waals surface area contributed by atoms with Crippen LogP contribution in [0.3, 0.4) is 0 Å². The summed E-state index contributed by atoms with van der Waals surface area (Å²) in [6, 6.07) is 3.70. The standard InChI is InChI=1S/C27H31N3O5/c1-12-6-15-7-17-19(9-28)30-18(23(29(17)4)21(15)13(2)25(12)33-5)8-16-22(20(30)10-31)27-26(34-11-35-27)14(3)24(16)32/h6,17-20,23,31-32H,7-8,10-11H2,1-5H3/t17-,18-,19-,20-,23?/m0/s1. The van der Waals surface area contributed by atoms with E-state index in [2.05, 4.69) is 42.8 Å². The number of ether oxygens (including phenoxy) is 3. The van der Waals surface area contributed by atoms with E-state index in [-0.39, 0.29) is 37.3 Å². The number of aliphatic hydroxyl groups is 1. The summed E-state index contributed by atoms with van der Waals surface area (Å²) in [5, 5.41) is 32.4. The fourth-order valence-corrected chi connectivity index (χ4v) is 7.36. The van der Waals surface area contributed by atoms with Gasteiger partial charge in [0.25, 0.3) is 0 Å². The number of benzene rings is 2. The quantitative estimate of drug-likeness (QED) is 0.682. The number of rotatable bonds is 2. The molecule has 184 valence electrons. The molecule has 5 atom stereocenters. The van der Waals surface area contributed by atoms with Crippen LogP contribution >= 0.6 is 0 Å². The van der Waals surface area contributed by atoms with Crippen molar-refractivity contribution in [3.05, 3.63) is 45.0 Å². The summed E-state index contributed by atoms with van der Waals surface area (Å²) in [6.45, 7) is 5.90. The second-order valence-corrected chi connectivity index (χ2v) is 10.2. The average molecular weight is 478 g/mol. The molecule has 0 aromatic heterocycles. The van der Waals surface area contributed by atoms with Crippen LogP contribution in [0.2, 0.25) is 0 Å². The molecule has 0 saturated carbocycles. The highest BCUT2D eigenvalue weighted by atomic mass is 16.7. The smallest absolute Gasteiger partial charge is 0.231 e. The zero-order valence-electron chi connectivity index (χ0n) is 20.8. The molecule has 2 aromatic carbocycles. The Labute approximate surface area is 205 Å². The topological polar surface area (TPSA) is 98.4 Å². The molecular formula is C27H31N3O5. The van der Waals surface area contributed by atoms with E-state index in [9.17, 15) is 15.5 Å². The number of phenolic OH excluding ortho intramolecular Hbond substituents is 1. The molecule has 6 rings (SSSR count). The van der Waals surface area contributed by atoms with Crippen LogP contribution in [-0.4, -0.2) is 65.7 Å². The SMILES string of the molecule is COc1c(C)cc2c(c1C)C1[C@@H]3Cc4c(O)c(C)c5c(c4[C@H](CO)N3[C@@H](C#N)[C@H](C2)N1C)OCO5. The van der Waals surface area contributed by atoms with Crippen molar-refractivity contribution in [3.63, 3.8) is 0 Å². The van der Waals surface area contributed by atoms with Crippen molar-refractivity contribution in [2.24, 2.45) is 0 Å². The van der Waals surface area contributed by atoms with Crippen LogP contribution in [0.25, 0.3) is 0 Å². The Balaban J connectivity index is 1.61. The van der Waals surface area contributed by atoms with Gasteiger partial charge in [-0.05, 0) is 62.9 Å². The maximum absolute atomic E-state index is 11.3. The van der Waals surface area contributed by atoms with Gasteiger partial charge in [-0.15, -0.1) is 0 Å². The molecule has 4 aliphatic heterocycles. The number of hydrogen-bond acceptors (Lipinski definition) is 8. The zero-order chi connectivity index (χ0) is 24.8. The highest BCUT2D eigenvalue weighted by Gasteiger charge is 2.56. The molecule has 4 aliphatic rings. The molecular weight excluding hydrogens is 446 g/mol. The number of likely N-dealkylation sites (N-methyl/N-ethyl adjacent to an activating group) is 1. The number of aliphatic hydroxyl groups excluding tert-OH is 1. The van der Waals surface area contributed by atoms with Crippen LogP contribution in [0, 0.1) is 32.1 Å². The first-order chi connectivity index (χ1) is 16.8. The summed E-state index contributed by atoms with van der Waals surface area (Å²) < 4.78 is 17.3. The Morgan fingerprint density at radius 3 is 2.54 bits per heavy atom. The summed E-state index contributed by atoms with van der Waals surface area (Å²) in [4.78, 5) is 4.51. The van der Waals surface area contributed by atoms with Gasteiger partial charge in [0, 0.05) is 28.8 Å². The molecule has 4 heterocycles. The number of nitrogens with zero attached hydrogens (tertiary/aromatic N) is 3. The van der Waals surface area contributed by atoms with Gasteiger partial charge in [-0.2, -0.15) is 5.26 Å². The summed E-state index contributed by atoms with van der Waals surface area (Å²) in [5.74, 6) is 2.20. The molecule has 0 spiro atoms. The second kappa shape index (κ2) is 7.76. The minimum absolute atomic E-state index is 0.0184. The van der Waals surface area contributed by atoms with Crippen LogP contribution in [0.15, 0.2) is 6.07 Å². The van der Waals surface area contributed by atoms with Crippen LogP contribution in [-0.2, 0) is 12.8 Å². The van der Waals surface area contributed by atoms with Gasteiger partial charge in [0.2, 0.25) is 6.79 Å².